The molecule has 0 aliphatic heterocycles. The molecule has 0 atom stereocenters. The van der Waals surface area contributed by atoms with E-state index in [0.29, 0.717) is 23.2 Å². The lowest BCUT2D eigenvalue weighted by Crippen LogP contribution is -2.11. The Morgan fingerprint density at radius 3 is 2.07 bits per heavy atom. The summed E-state index contributed by atoms with van der Waals surface area (Å²) in [5.74, 6) is 0.297. The highest BCUT2D eigenvalue weighted by atomic mass is 16.4. The Morgan fingerprint density at radius 1 is 0.741 bits per heavy atom. The van der Waals surface area contributed by atoms with Crippen LogP contribution >= 0.6 is 0 Å². The van der Waals surface area contributed by atoms with Gasteiger partial charge in [-0.3, -0.25) is 4.79 Å². The Bertz CT molecular complexity index is 1030. The second-order valence-corrected chi connectivity index (χ2v) is 5.80. The molecule has 1 aromatic heterocycles. The highest BCUT2D eigenvalue weighted by molar-refractivity contribution is 6.04. The second kappa shape index (κ2) is 7.53. The van der Waals surface area contributed by atoms with E-state index in [1.165, 1.54) is 0 Å². The summed E-state index contributed by atoms with van der Waals surface area (Å²) in [7, 11) is 0. The molecule has 0 radical (unpaired) electrons. The Hall–Kier alpha value is -3.93. The van der Waals surface area contributed by atoms with E-state index >= 15 is 0 Å². The van der Waals surface area contributed by atoms with Gasteiger partial charge in [-0.05, 0) is 48.5 Å². The minimum Gasteiger partial charge on any atom is -0.403 e. The summed E-state index contributed by atoms with van der Waals surface area (Å²) in [6.45, 7) is 0. The molecule has 0 fully saturated rings. The van der Waals surface area contributed by atoms with Crippen molar-refractivity contribution in [3.63, 3.8) is 0 Å². The number of amides is 1. The zero-order valence-corrected chi connectivity index (χ0v) is 14.3. The number of nitrogens with one attached hydrogen (secondary N) is 2. The predicted molar refractivity (Wildman–Crippen MR) is 104 cm³/mol. The molecule has 4 aromatic rings. The average Bonchev–Trinajstić information content (AvgIpc) is 3.19. The molecule has 27 heavy (non-hydrogen) atoms. The number of anilines is 3. The predicted octanol–water partition coefficient (Wildman–Crippen LogP) is 4.73. The van der Waals surface area contributed by atoms with Crippen LogP contribution in [0.1, 0.15) is 10.4 Å². The van der Waals surface area contributed by atoms with E-state index in [1.807, 2.05) is 60.7 Å². The molecule has 132 valence electrons. The van der Waals surface area contributed by atoms with Gasteiger partial charge in [-0.15, -0.1) is 5.10 Å². The first-order valence-corrected chi connectivity index (χ1v) is 8.40. The summed E-state index contributed by atoms with van der Waals surface area (Å²) in [5.41, 5.74) is 2.94. The zero-order chi connectivity index (χ0) is 18.5. The molecule has 0 spiro atoms. The van der Waals surface area contributed by atoms with Gasteiger partial charge in [0.15, 0.2) is 0 Å². The maximum atomic E-state index is 12.2. The van der Waals surface area contributed by atoms with E-state index < -0.39 is 0 Å². The molecule has 6 nitrogen and oxygen atoms in total. The molecular weight excluding hydrogens is 340 g/mol. The van der Waals surface area contributed by atoms with Crippen LogP contribution in [-0.4, -0.2) is 16.1 Å². The minimum atomic E-state index is -0.152. The number of aromatic nitrogens is 2. The van der Waals surface area contributed by atoms with E-state index in [4.69, 9.17) is 4.42 Å². The molecule has 0 aliphatic rings. The molecule has 6 heteroatoms. The van der Waals surface area contributed by atoms with Gasteiger partial charge in [-0.1, -0.05) is 41.5 Å². The summed E-state index contributed by atoms with van der Waals surface area (Å²) < 4.78 is 5.62. The monoisotopic (exact) mass is 356 g/mol. The normalized spacial score (nSPS) is 10.4. The van der Waals surface area contributed by atoms with Crippen molar-refractivity contribution in [1.29, 1.82) is 0 Å². The van der Waals surface area contributed by atoms with Gasteiger partial charge >= 0.3 is 6.01 Å². The molecular formula is C21H16N4O2. The van der Waals surface area contributed by atoms with Crippen LogP contribution in [0.5, 0.6) is 0 Å². The van der Waals surface area contributed by atoms with E-state index in [9.17, 15) is 4.79 Å². The number of carbonyl (C=O) groups excluding carboxylic acids is 1. The molecule has 3 aromatic carbocycles. The van der Waals surface area contributed by atoms with Crippen molar-refractivity contribution >= 4 is 23.3 Å². The molecule has 4 rings (SSSR count). The van der Waals surface area contributed by atoms with Crippen molar-refractivity contribution in [2.24, 2.45) is 0 Å². The molecule has 1 heterocycles. The third-order valence-electron chi connectivity index (χ3n) is 3.88. The lowest BCUT2D eigenvalue weighted by molar-refractivity contribution is 0.102. The minimum absolute atomic E-state index is 0.152. The van der Waals surface area contributed by atoms with Crippen molar-refractivity contribution < 1.29 is 9.21 Å². The number of benzene rings is 3. The van der Waals surface area contributed by atoms with Gasteiger partial charge in [0.05, 0.1) is 0 Å². The topological polar surface area (TPSA) is 80.0 Å². The van der Waals surface area contributed by atoms with Crippen molar-refractivity contribution in [1.82, 2.24) is 10.2 Å². The van der Waals surface area contributed by atoms with E-state index in [0.717, 1.165) is 11.3 Å². The third kappa shape index (κ3) is 4.01. The Kier molecular flexibility index (Phi) is 4.61. The van der Waals surface area contributed by atoms with Gasteiger partial charge < -0.3 is 15.1 Å². The van der Waals surface area contributed by atoms with E-state index in [1.54, 1.807) is 24.3 Å². The molecule has 0 saturated heterocycles. The van der Waals surface area contributed by atoms with Gasteiger partial charge in [0, 0.05) is 22.5 Å². The summed E-state index contributed by atoms with van der Waals surface area (Å²) in [4.78, 5) is 12.2. The van der Waals surface area contributed by atoms with Crippen LogP contribution in [0.15, 0.2) is 89.3 Å². The SMILES string of the molecule is O=C(Nc1ccc(Nc2nnc(-c3ccccc3)o2)cc1)c1ccccc1. The van der Waals surface area contributed by atoms with Gasteiger partial charge in [-0.2, -0.15) is 0 Å². The van der Waals surface area contributed by atoms with Crippen LogP contribution < -0.4 is 10.6 Å². The van der Waals surface area contributed by atoms with Gasteiger partial charge in [0.25, 0.3) is 5.91 Å². The fourth-order valence-electron chi connectivity index (χ4n) is 2.52. The maximum Gasteiger partial charge on any atom is 0.320 e. The van der Waals surface area contributed by atoms with E-state index in [2.05, 4.69) is 20.8 Å². The zero-order valence-electron chi connectivity index (χ0n) is 14.3. The Morgan fingerprint density at radius 2 is 1.37 bits per heavy atom. The molecule has 0 aliphatic carbocycles. The quantitative estimate of drug-likeness (QED) is 0.540. The van der Waals surface area contributed by atoms with Crippen molar-refractivity contribution in [2.45, 2.75) is 0 Å². The highest BCUT2D eigenvalue weighted by Gasteiger charge is 2.09. The van der Waals surface area contributed by atoms with Crippen LogP contribution in [0, 0.1) is 0 Å². The fraction of sp³-hybridized carbons (Fsp3) is 0. The van der Waals surface area contributed by atoms with Gasteiger partial charge in [0.1, 0.15) is 0 Å². The first kappa shape index (κ1) is 16.5. The average molecular weight is 356 g/mol. The fourth-order valence-corrected chi connectivity index (χ4v) is 2.52. The molecule has 0 bridgehead atoms. The smallest absolute Gasteiger partial charge is 0.320 e. The molecule has 1 amide bonds. The van der Waals surface area contributed by atoms with Crippen LogP contribution in [-0.2, 0) is 0 Å². The van der Waals surface area contributed by atoms with Crippen LogP contribution in [0.4, 0.5) is 17.4 Å². The van der Waals surface area contributed by atoms with Crippen LogP contribution in [0.25, 0.3) is 11.5 Å². The van der Waals surface area contributed by atoms with Crippen LogP contribution in [0.3, 0.4) is 0 Å². The molecule has 2 N–H and O–H groups in total. The summed E-state index contributed by atoms with van der Waals surface area (Å²) in [6.07, 6.45) is 0. The number of carbonyl (C=O) groups is 1. The lowest BCUT2D eigenvalue weighted by Gasteiger charge is -2.06. The lowest BCUT2D eigenvalue weighted by atomic mass is 10.2. The first-order valence-electron chi connectivity index (χ1n) is 8.40. The van der Waals surface area contributed by atoms with Gasteiger partial charge in [-0.25, -0.2) is 0 Å². The number of rotatable bonds is 5. The highest BCUT2D eigenvalue weighted by Crippen LogP contribution is 2.22. The van der Waals surface area contributed by atoms with E-state index in [-0.39, 0.29) is 5.91 Å². The first-order chi connectivity index (χ1) is 13.3. The number of hydrogen-bond acceptors (Lipinski definition) is 5. The Balaban J connectivity index is 1.41. The molecule has 0 saturated carbocycles. The van der Waals surface area contributed by atoms with Crippen molar-refractivity contribution in [3.05, 3.63) is 90.5 Å². The van der Waals surface area contributed by atoms with Crippen molar-refractivity contribution in [2.75, 3.05) is 10.6 Å². The largest absolute Gasteiger partial charge is 0.403 e. The molecule has 0 unspecified atom stereocenters. The third-order valence-corrected chi connectivity index (χ3v) is 3.88. The maximum absolute atomic E-state index is 12.2. The summed E-state index contributed by atoms with van der Waals surface area (Å²) >= 11 is 0. The summed E-state index contributed by atoms with van der Waals surface area (Å²) in [6, 6.07) is 26.2. The summed E-state index contributed by atoms with van der Waals surface area (Å²) in [5, 5.41) is 13.9. The van der Waals surface area contributed by atoms with Gasteiger partial charge in [0.2, 0.25) is 5.89 Å². The standard InChI is InChI=1S/C21H16N4O2/c26-19(15-7-3-1-4-8-15)22-17-11-13-18(14-12-17)23-21-25-24-20(27-21)16-9-5-2-6-10-16/h1-14H,(H,22,26)(H,23,25). The van der Waals surface area contributed by atoms with Crippen molar-refractivity contribution in [3.8, 4) is 11.5 Å². The number of hydrogen-bond donors (Lipinski definition) is 2. The second-order valence-electron chi connectivity index (χ2n) is 5.80. The Labute approximate surface area is 155 Å². The number of nitrogens with zero attached hydrogens (tertiary/aromatic N) is 2. The van der Waals surface area contributed by atoms with Crippen LogP contribution in [0.2, 0.25) is 0 Å².